The molecule has 1 saturated heterocycles. The molecule has 0 bridgehead atoms. The molecule has 24 heavy (non-hydrogen) atoms. The summed E-state index contributed by atoms with van der Waals surface area (Å²) in [6.07, 6.45) is 3.58. The molecule has 0 aliphatic carbocycles. The molecule has 1 aromatic heterocycles. The van der Waals surface area contributed by atoms with Crippen molar-refractivity contribution in [1.29, 1.82) is 0 Å². The minimum atomic E-state index is -0.809. The first-order chi connectivity index (χ1) is 11.7. The van der Waals surface area contributed by atoms with Crippen LogP contribution in [0.5, 0.6) is 0 Å². The predicted octanol–water partition coefficient (Wildman–Crippen LogP) is 0.947. The second kappa shape index (κ2) is 7.85. The molecule has 3 rings (SSSR count). The molecule has 1 atom stereocenters. The number of carboxylic acid groups (broad SMARTS) is 1. The van der Waals surface area contributed by atoms with Crippen LogP contribution < -0.4 is 10.6 Å². The number of rotatable bonds is 6. The summed E-state index contributed by atoms with van der Waals surface area (Å²) in [5, 5.41) is 15.3. The molecule has 0 unspecified atom stereocenters. The lowest BCUT2D eigenvalue weighted by atomic mass is 10.2. The lowest BCUT2D eigenvalue weighted by Gasteiger charge is -2.31. The normalized spacial score (nSPS) is 18.2. The molecule has 1 aliphatic heterocycles. The lowest BCUT2D eigenvalue weighted by molar-refractivity contribution is -0.140. The number of carbonyl (C=O) groups is 1. The maximum absolute atomic E-state index is 11.1. The Labute approximate surface area is 140 Å². The molecule has 1 aromatic carbocycles. The van der Waals surface area contributed by atoms with Gasteiger partial charge in [-0.25, -0.2) is 9.97 Å². The van der Waals surface area contributed by atoms with Crippen molar-refractivity contribution in [2.45, 2.75) is 19.1 Å². The molecule has 3 N–H and O–H groups in total. The minimum absolute atomic E-state index is 0.489. The van der Waals surface area contributed by atoms with Crippen LogP contribution in [0.3, 0.4) is 0 Å². The van der Waals surface area contributed by atoms with E-state index >= 15 is 0 Å². The van der Waals surface area contributed by atoms with Gasteiger partial charge in [-0.05, 0) is 5.56 Å². The van der Waals surface area contributed by atoms with Gasteiger partial charge >= 0.3 is 5.97 Å². The molecule has 0 amide bonds. The number of aliphatic carboxylic acids is 1. The summed E-state index contributed by atoms with van der Waals surface area (Å²) in [5.41, 5.74) is 2.15. The third kappa shape index (κ3) is 4.50. The highest BCUT2D eigenvalue weighted by Crippen LogP contribution is 2.08. The molecular formula is C17H21N5O2. The van der Waals surface area contributed by atoms with E-state index in [0.717, 1.165) is 12.1 Å². The van der Waals surface area contributed by atoms with Gasteiger partial charge in [0.05, 0.1) is 0 Å². The molecule has 2 aromatic rings. The van der Waals surface area contributed by atoms with E-state index in [4.69, 9.17) is 5.11 Å². The number of carboxylic acids is 1. The molecule has 126 valence electrons. The number of benzene rings is 1. The van der Waals surface area contributed by atoms with Gasteiger partial charge in [-0.2, -0.15) is 0 Å². The van der Waals surface area contributed by atoms with E-state index in [1.165, 1.54) is 5.56 Å². The van der Waals surface area contributed by atoms with Gasteiger partial charge in [0.2, 0.25) is 5.95 Å². The summed E-state index contributed by atoms with van der Waals surface area (Å²) in [6, 6.07) is 9.57. The number of nitrogens with one attached hydrogen (secondary N) is 2. The molecule has 0 spiro atoms. The fourth-order valence-electron chi connectivity index (χ4n) is 2.68. The van der Waals surface area contributed by atoms with Gasteiger partial charge in [0.15, 0.2) is 0 Å². The van der Waals surface area contributed by atoms with Gasteiger partial charge in [-0.3, -0.25) is 9.69 Å². The van der Waals surface area contributed by atoms with Crippen LogP contribution in [0.1, 0.15) is 11.1 Å². The van der Waals surface area contributed by atoms with Crippen molar-refractivity contribution >= 4 is 11.9 Å². The zero-order valence-electron chi connectivity index (χ0n) is 13.4. The monoisotopic (exact) mass is 327 g/mol. The van der Waals surface area contributed by atoms with Gasteiger partial charge in [0.25, 0.3) is 0 Å². The summed E-state index contributed by atoms with van der Waals surface area (Å²) >= 11 is 0. The topological polar surface area (TPSA) is 90.4 Å². The molecular weight excluding hydrogens is 306 g/mol. The Balaban J connectivity index is 1.52. The zero-order valence-corrected chi connectivity index (χ0v) is 13.4. The molecule has 1 aliphatic rings. The van der Waals surface area contributed by atoms with Crippen LogP contribution in [0.4, 0.5) is 5.95 Å². The number of aromatic nitrogens is 2. The maximum Gasteiger partial charge on any atom is 0.322 e. The summed E-state index contributed by atoms with van der Waals surface area (Å²) in [5.74, 6) is -0.220. The Morgan fingerprint density at radius 1 is 1.25 bits per heavy atom. The van der Waals surface area contributed by atoms with Gasteiger partial charge in [-0.1, -0.05) is 30.3 Å². The van der Waals surface area contributed by atoms with E-state index in [1.807, 2.05) is 30.3 Å². The van der Waals surface area contributed by atoms with E-state index in [0.29, 0.717) is 32.1 Å². The van der Waals surface area contributed by atoms with Crippen LogP contribution in [0.15, 0.2) is 42.7 Å². The van der Waals surface area contributed by atoms with Gasteiger partial charge in [0, 0.05) is 50.7 Å². The molecule has 2 heterocycles. The quantitative estimate of drug-likeness (QED) is 0.727. The van der Waals surface area contributed by atoms with Crippen molar-refractivity contribution in [2.24, 2.45) is 0 Å². The standard InChI is InChI=1S/C17H21N5O2/c23-16(24)15-12-22(7-6-18-15)11-14-9-20-17(21-10-14)19-8-13-4-2-1-3-5-13/h1-5,9-10,15,18H,6-8,11-12H2,(H,23,24)(H,19,20,21)/t15-/m0/s1. The van der Waals surface area contributed by atoms with Gasteiger partial charge < -0.3 is 15.7 Å². The fraction of sp³-hybridized carbons (Fsp3) is 0.353. The largest absolute Gasteiger partial charge is 0.480 e. The second-order valence-corrected chi connectivity index (χ2v) is 5.83. The third-order valence-electron chi connectivity index (χ3n) is 3.96. The average Bonchev–Trinajstić information content (AvgIpc) is 2.62. The first-order valence-corrected chi connectivity index (χ1v) is 7.98. The van der Waals surface area contributed by atoms with Crippen LogP contribution in [0, 0.1) is 0 Å². The zero-order chi connectivity index (χ0) is 16.8. The SMILES string of the molecule is O=C(O)[C@@H]1CN(Cc2cnc(NCc3ccccc3)nc2)CCN1. The average molecular weight is 327 g/mol. The number of piperazine rings is 1. The highest BCUT2D eigenvalue weighted by atomic mass is 16.4. The molecule has 7 heteroatoms. The Hall–Kier alpha value is -2.51. The van der Waals surface area contributed by atoms with Crippen LogP contribution in [-0.4, -0.2) is 51.6 Å². The summed E-state index contributed by atoms with van der Waals surface area (Å²) in [7, 11) is 0. The highest BCUT2D eigenvalue weighted by Gasteiger charge is 2.24. The van der Waals surface area contributed by atoms with E-state index in [9.17, 15) is 4.79 Å². The molecule has 7 nitrogen and oxygen atoms in total. The number of nitrogens with zero attached hydrogens (tertiary/aromatic N) is 3. The number of hydrogen-bond acceptors (Lipinski definition) is 6. The fourth-order valence-corrected chi connectivity index (χ4v) is 2.68. The van der Waals surface area contributed by atoms with E-state index < -0.39 is 12.0 Å². The highest BCUT2D eigenvalue weighted by molar-refractivity contribution is 5.73. The van der Waals surface area contributed by atoms with Crippen LogP contribution in [0.25, 0.3) is 0 Å². The van der Waals surface area contributed by atoms with Crippen molar-refractivity contribution < 1.29 is 9.90 Å². The summed E-state index contributed by atoms with van der Waals surface area (Å²) in [6.45, 7) is 3.32. The van der Waals surface area contributed by atoms with Crippen molar-refractivity contribution in [3.05, 3.63) is 53.9 Å². The van der Waals surface area contributed by atoms with E-state index in [1.54, 1.807) is 12.4 Å². The van der Waals surface area contributed by atoms with E-state index in [-0.39, 0.29) is 0 Å². The van der Waals surface area contributed by atoms with Crippen molar-refractivity contribution in [3.8, 4) is 0 Å². The number of hydrogen-bond donors (Lipinski definition) is 3. The third-order valence-corrected chi connectivity index (χ3v) is 3.96. The van der Waals surface area contributed by atoms with Gasteiger partial charge in [0.1, 0.15) is 6.04 Å². The van der Waals surface area contributed by atoms with Gasteiger partial charge in [-0.15, -0.1) is 0 Å². The predicted molar refractivity (Wildman–Crippen MR) is 90.5 cm³/mol. The maximum atomic E-state index is 11.1. The lowest BCUT2D eigenvalue weighted by Crippen LogP contribution is -2.53. The Morgan fingerprint density at radius 3 is 2.71 bits per heavy atom. The minimum Gasteiger partial charge on any atom is -0.480 e. The molecule has 0 saturated carbocycles. The Kier molecular flexibility index (Phi) is 5.35. The van der Waals surface area contributed by atoms with E-state index in [2.05, 4.69) is 25.5 Å². The Bertz CT molecular complexity index is 662. The second-order valence-electron chi connectivity index (χ2n) is 5.83. The molecule has 0 radical (unpaired) electrons. The Morgan fingerprint density at radius 2 is 2.00 bits per heavy atom. The summed E-state index contributed by atoms with van der Waals surface area (Å²) in [4.78, 5) is 21.8. The first-order valence-electron chi connectivity index (χ1n) is 7.98. The first kappa shape index (κ1) is 16.4. The molecule has 1 fully saturated rings. The van der Waals surface area contributed by atoms with Crippen LogP contribution >= 0.6 is 0 Å². The van der Waals surface area contributed by atoms with Crippen LogP contribution in [0.2, 0.25) is 0 Å². The smallest absolute Gasteiger partial charge is 0.322 e. The van der Waals surface area contributed by atoms with Crippen molar-refractivity contribution in [2.75, 3.05) is 25.0 Å². The summed E-state index contributed by atoms with van der Waals surface area (Å²) < 4.78 is 0. The van der Waals surface area contributed by atoms with Crippen molar-refractivity contribution in [3.63, 3.8) is 0 Å². The number of anilines is 1. The van der Waals surface area contributed by atoms with Crippen molar-refractivity contribution in [1.82, 2.24) is 20.2 Å². The van der Waals surface area contributed by atoms with Crippen LogP contribution in [-0.2, 0) is 17.9 Å².